The third kappa shape index (κ3) is 3.65. The van der Waals surface area contributed by atoms with Gasteiger partial charge in [0.15, 0.2) is 0 Å². The molecule has 0 radical (unpaired) electrons. The molecule has 0 aromatic heterocycles. The van der Waals surface area contributed by atoms with Crippen LogP contribution in [0.15, 0.2) is 0 Å². The van der Waals surface area contributed by atoms with E-state index in [4.69, 9.17) is 5.11 Å². The second-order valence-electron chi connectivity index (χ2n) is 5.37. The number of nitrogens with one attached hydrogen (secondary N) is 1. The van der Waals surface area contributed by atoms with Crippen LogP contribution in [0.5, 0.6) is 0 Å². The smallest absolute Gasteiger partial charge is 0.322 e. The molecule has 1 fully saturated rings. The summed E-state index contributed by atoms with van der Waals surface area (Å²) < 4.78 is 27.5. The molecule has 100 valence electrons. The average Bonchev–Trinajstić information content (AvgIpc) is 2.65. The summed E-state index contributed by atoms with van der Waals surface area (Å²) in [6, 6.07) is -1.12. The maximum Gasteiger partial charge on any atom is 0.322 e. The van der Waals surface area contributed by atoms with Crippen LogP contribution in [-0.2, 0) is 15.0 Å². The largest absolute Gasteiger partial charge is 0.480 e. The van der Waals surface area contributed by atoms with E-state index < -0.39 is 27.6 Å². The molecular formula is C10H20N2O4S. The molecular weight excluding hydrogens is 244 g/mol. The number of hydrogen-bond donors (Lipinski definition) is 2. The zero-order valence-electron chi connectivity index (χ0n) is 10.4. The third-order valence-electron chi connectivity index (χ3n) is 2.78. The first-order valence-electron chi connectivity index (χ1n) is 5.65. The van der Waals surface area contributed by atoms with Crippen LogP contribution in [0.3, 0.4) is 0 Å². The van der Waals surface area contributed by atoms with Crippen LogP contribution in [0.4, 0.5) is 0 Å². The van der Waals surface area contributed by atoms with Crippen LogP contribution >= 0.6 is 0 Å². The van der Waals surface area contributed by atoms with Crippen LogP contribution < -0.4 is 4.72 Å². The monoisotopic (exact) mass is 264 g/mol. The van der Waals surface area contributed by atoms with Crippen molar-refractivity contribution in [1.29, 1.82) is 0 Å². The lowest BCUT2D eigenvalue weighted by Gasteiger charge is -2.29. The lowest BCUT2D eigenvalue weighted by atomic mass is 9.88. The molecule has 6 nitrogen and oxygen atoms in total. The molecule has 17 heavy (non-hydrogen) atoms. The highest BCUT2D eigenvalue weighted by Gasteiger charge is 2.37. The fourth-order valence-corrected chi connectivity index (χ4v) is 3.39. The van der Waals surface area contributed by atoms with Crippen molar-refractivity contribution in [3.8, 4) is 0 Å². The second kappa shape index (κ2) is 4.91. The quantitative estimate of drug-likeness (QED) is 0.770. The molecule has 2 N–H and O–H groups in total. The molecule has 0 aromatic carbocycles. The standard InChI is InChI=1S/C10H20N2O4S/c1-10(2,3)8(9(13)14)11-17(15,16)12-6-4-5-7-12/h8,11H,4-7H2,1-3H3,(H,13,14)/t8-/m0/s1. The Morgan fingerprint density at radius 1 is 1.29 bits per heavy atom. The van der Waals surface area contributed by atoms with E-state index in [1.54, 1.807) is 20.8 Å². The molecule has 1 aliphatic heterocycles. The zero-order chi connectivity index (χ0) is 13.3. The molecule has 1 atom stereocenters. The Hall–Kier alpha value is -0.660. The van der Waals surface area contributed by atoms with Gasteiger partial charge in [0.1, 0.15) is 6.04 Å². The summed E-state index contributed by atoms with van der Waals surface area (Å²) in [6.45, 7) is 6.01. The second-order valence-corrected chi connectivity index (χ2v) is 7.07. The van der Waals surface area contributed by atoms with Crippen molar-refractivity contribution in [2.75, 3.05) is 13.1 Å². The molecule has 1 saturated heterocycles. The van der Waals surface area contributed by atoms with Crippen molar-refractivity contribution in [3.63, 3.8) is 0 Å². The summed E-state index contributed by atoms with van der Waals surface area (Å²) in [5.74, 6) is -1.15. The molecule has 0 saturated carbocycles. The van der Waals surface area contributed by atoms with Gasteiger partial charge >= 0.3 is 5.97 Å². The molecule has 1 rings (SSSR count). The van der Waals surface area contributed by atoms with Crippen molar-refractivity contribution < 1.29 is 18.3 Å². The van der Waals surface area contributed by atoms with Crippen molar-refractivity contribution in [2.45, 2.75) is 39.7 Å². The fraction of sp³-hybridized carbons (Fsp3) is 0.900. The molecule has 0 unspecified atom stereocenters. The number of carboxylic acids is 1. The van der Waals surface area contributed by atoms with Crippen LogP contribution in [-0.4, -0.2) is 42.9 Å². The fourth-order valence-electron chi connectivity index (χ4n) is 1.75. The Morgan fingerprint density at radius 3 is 2.12 bits per heavy atom. The van der Waals surface area contributed by atoms with Gasteiger partial charge < -0.3 is 5.11 Å². The first-order valence-corrected chi connectivity index (χ1v) is 7.09. The van der Waals surface area contributed by atoms with Gasteiger partial charge in [0.25, 0.3) is 10.2 Å². The highest BCUT2D eigenvalue weighted by atomic mass is 32.2. The van der Waals surface area contributed by atoms with Gasteiger partial charge in [0.05, 0.1) is 0 Å². The molecule has 7 heteroatoms. The summed E-state index contributed by atoms with van der Waals surface area (Å²) >= 11 is 0. The lowest BCUT2D eigenvalue weighted by molar-refractivity contribution is -0.141. The molecule has 0 aliphatic carbocycles. The molecule has 1 heterocycles. The Balaban J connectivity index is 2.83. The first kappa shape index (κ1) is 14.4. The van der Waals surface area contributed by atoms with Gasteiger partial charge in [-0.2, -0.15) is 17.4 Å². The molecule has 0 bridgehead atoms. The molecule has 1 aliphatic rings. The predicted octanol–water partition coefficient (Wildman–Crippen LogP) is 0.416. The summed E-state index contributed by atoms with van der Waals surface area (Å²) in [4.78, 5) is 11.1. The van der Waals surface area contributed by atoms with Gasteiger partial charge in [-0.05, 0) is 18.3 Å². The van der Waals surface area contributed by atoms with Gasteiger partial charge in [0, 0.05) is 13.1 Å². The minimum absolute atomic E-state index is 0.464. The SMILES string of the molecule is CC(C)(C)[C@@H](NS(=O)(=O)N1CCCC1)C(=O)O. The minimum Gasteiger partial charge on any atom is -0.480 e. The number of hydrogen-bond acceptors (Lipinski definition) is 3. The number of carboxylic acid groups (broad SMARTS) is 1. The summed E-state index contributed by atoms with van der Waals surface area (Å²) in [6.07, 6.45) is 1.66. The topological polar surface area (TPSA) is 86.7 Å². The van der Waals surface area contributed by atoms with Crippen molar-refractivity contribution in [3.05, 3.63) is 0 Å². The number of rotatable bonds is 4. The highest BCUT2D eigenvalue weighted by molar-refractivity contribution is 7.87. The lowest BCUT2D eigenvalue weighted by Crippen LogP contribution is -2.53. The van der Waals surface area contributed by atoms with E-state index in [1.165, 1.54) is 4.31 Å². The molecule has 0 spiro atoms. The number of nitrogens with zero attached hydrogens (tertiary/aromatic N) is 1. The van der Waals surface area contributed by atoms with Crippen molar-refractivity contribution >= 4 is 16.2 Å². The first-order chi connectivity index (χ1) is 7.64. The third-order valence-corrected chi connectivity index (χ3v) is 4.36. The van der Waals surface area contributed by atoms with Gasteiger partial charge in [-0.1, -0.05) is 20.8 Å². The maximum atomic E-state index is 11.9. The molecule has 0 aromatic rings. The van der Waals surface area contributed by atoms with Crippen LogP contribution in [0.25, 0.3) is 0 Å². The predicted molar refractivity (Wildman–Crippen MR) is 63.7 cm³/mol. The van der Waals surface area contributed by atoms with Gasteiger partial charge in [0.2, 0.25) is 0 Å². The van der Waals surface area contributed by atoms with E-state index >= 15 is 0 Å². The van der Waals surface area contributed by atoms with Crippen LogP contribution in [0, 0.1) is 5.41 Å². The minimum atomic E-state index is -3.68. The number of aliphatic carboxylic acids is 1. The van der Waals surface area contributed by atoms with E-state index in [1.807, 2.05) is 0 Å². The summed E-state index contributed by atoms with van der Waals surface area (Å²) in [5.41, 5.74) is -0.668. The summed E-state index contributed by atoms with van der Waals surface area (Å²) in [5, 5.41) is 9.07. The van der Waals surface area contributed by atoms with E-state index in [-0.39, 0.29) is 0 Å². The van der Waals surface area contributed by atoms with Crippen LogP contribution in [0.1, 0.15) is 33.6 Å². The van der Waals surface area contributed by atoms with E-state index in [0.717, 1.165) is 12.8 Å². The average molecular weight is 264 g/mol. The Morgan fingerprint density at radius 2 is 1.76 bits per heavy atom. The van der Waals surface area contributed by atoms with Gasteiger partial charge in [-0.25, -0.2) is 0 Å². The Bertz CT molecular complexity index is 380. The van der Waals surface area contributed by atoms with E-state index in [0.29, 0.717) is 13.1 Å². The van der Waals surface area contributed by atoms with Gasteiger partial charge in [-0.3, -0.25) is 4.79 Å². The van der Waals surface area contributed by atoms with Gasteiger partial charge in [-0.15, -0.1) is 0 Å². The zero-order valence-corrected chi connectivity index (χ0v) is 11.2. The highest BCUT2D eigenvalue weighted by Crippen LogP contribution is 2.21. The number of carbonyl (C=O) groups is 1. The summed E-state index contributed by atoms with van der Waals surface area (Å²) in [7, 11) is -3.68. The Kier molecular flexibility index (Phi) is 4.16. The normalized spacial score (nSPS) is 20.4. The van der Waals surface area contributed by atoms with Crippen molar-refractivity contribution in [1.82, 2.24) is 9.03 Å². The van der Waals surface area contributed by atoms with E-state index in [9.17, 15) is 13.2 Å². The molecule has 0 amide bonds. The maximum absolute atomic E-state index is 11.9. The van der Waals surface area contributed by atoms with E-state index in [2.05, 4.69) is 4.72 Å². The van der Waals surface area contributed by atoms with Crippen LogP contribution in [0.2, 0.25) is 0 Å². The Labute approximate surface area is 102 Å². The van der Waals surface area contributed by atoms with Crippen molar-refractivity contribution in [2.24, 2.45) is 5.41 Å².